The van der Waals surface area contributed by atoms with Gasteiger partial charge in [0.15, 0.2) is 0 Å². The molecular weight excluding hydrogens is 318 g/mol. The van der Waals surface area contributed by atoms with E-state index in [1.54, 1.807) is 18.3 Å². The Labute approximate surface area is 144 Å². The molecule has 2 N–H and O–H groups in total. The summed E-state index contributed by atoms with van der Waals surface area (Å²) in [5.74, 6) is 0.264. The molecule has 120 valence electrons. The van der Waals surface area contributed by atoms with E-state index in [2.05, 4.69) is 15.5 Å². The quantitative estimate of drug-likeness (QED) is 0.513. The Balaban J connectivity index is 1.62. The predicted octanol–water partition coefficient (Wildman–Crippen LogP) is 4.94. The van der Waals surface area contributed by atoms with E-state index < -0.39 is 0 Å². The maximum Gasteiger partial charge on any atom is 0.203 e. The normalized spacial score (nSPS) is 11.4. The molecule has 3 rings (SSSR count). The highest BCUT2D eigenvalue weighted by atomic mass is 32.1. The third-order valence-electron chi connectivity index (χ3n) is 3.40. The second kappa shape index (κ2) is 7.57. The van der Waals surface area contributed by atoms with Crippen molar-refractivity contribution < 1.29 is 5.11 Å². The minimum atomic E-state index is 0.264. The number of anilines is 1. The Bertz CT molecular complexity index is 869. The summed E-state index contributed by atoms with van der Waals surface area (Å²) in [6.45, 7) is 1.95. The Kier molecular flexibility index (Phi) is 5.03. The van der Waals surface area contributed by atoms with E-state index in [9.17, 15) is 5.11 Å². The number of nitrogens with zero attached hydrogens (tertiary/aromatic N) is 2. The van der Waals surface area contributed by atoms with Crippen molar-refractivity contribution in [1.82, 2.24) is 4.98 Å². The van der Waals surface area contributed by atoms with Gasteiger partial charge in [-0.1, -0.05) is 36.4 Å². The number of rotatable bonds is 5. The first-order valence-electron chi connectivity index (χ1n) is 7.49. The molecule has 0 radical (unpaired) electrons. The molecule has 0 atom stereocenters. The number of aryl methyl sites for hydroxylation is 1. The molecule has 0 aliphatic carbocycles. The SMILES string of the molecule is Cc1cc(O)ccc1-c1csc(N/N=C/C=C/c2ccccc2)n1. The lowest BCUT2D eigenvalue weighted by Gasteiger charge is -2.02. The van der Waals surface area contributed by atoms with Crippen LogP contribution in [0.2, 0.25) is 0 Å². The van der Waals surface area contributed by atoms with Gasteiger partial charge in [0.25, 0.3) is 0 Å². The predicted molar refractivity (Wildman–Crippen MR) is 102 cm³/mol. The summed E-state index contributed by atoms with van der Waals surface area (Å²) in [5.41, 5.74) is 6.92. The summed E-state index contributed by atoms with van der Waals surface area (Å²) in [7, 11) is 0. The number of benzene rings is 2. The van der Waals surface area contributed by atoms with Crippen LogP contribution in [0.15, 0.2) is 65.1 Å². The van der Waals surface area contributed by atoms with Crippen molar-refractivity contribution in [2.45, 2.75) is 6.92 Å². The van der Waals surface area contributed by atoms with Crippen LogP contribution >= 0.6 is 11.3 Å². The van der Waals surface area contributed by atoms with Gasteiger partial charge in [-0.2, -0.15) is 5.10 Å². The smallest absolute Gasteiger partial charge is 0.203 e. The number of phenols is 1. The molecule has 1 heterocycles. The van der Waals surface area contributed by atoms with Crippen molar-refractivity contribution in [3.8, 4) is 17.0 Å². The number of phenolic OH excluding ortho intramolecular Hbond substituents is 1. The van der Waals surface area contributed by atoms with Gasteiger partial charge in [0.1, 0.15) is 5.75 Å². The van der Waals surface area contributed by atoms with Crippen LogP contribution in [0.1, 0.15) is 11.1 Å². The zero-order chi connectivity index (χ0) is 16.8. The summed E-state index contributed by atoms with van der Waals surface area (Å²) in [5, 5.41) is 16.3. The van der Waals surface area contributed by atoms with Gasteiger partial charge in [-0.15, -0.1) is 11.3 Å². The first-order chi connectivity index (χ1) is 11.7. The minimum absolute atomic E-state index is 0.264. The number of nitrogens with one attached hydrogen (secondary N) is 1. The van der Waals surface area contributed by atoms with Crippen LogP contribution < -0.4 is 5.43 Å². The van der Waals surface area contributed by atoms with Crippen LogP contribution in [0.3, 0.4) is 0 Å². The van der Waals surface area contributed by atoms with Crippen molar-refractivity contribution in [1.29, 1.82) is 0 Å². The molecule has 0 aliphatic heterocycles. The highest BCUT2D eigenvalue weighted by molar-refractivity contribution is 7.14. The Morgan fingerprint density at radius 2 is 2.00 bits per heavy atom. The van der Waals surface area contributed by atoms with Gasteiger partial charge in [-0.3, -0.25) is 5.43 Å². The first kappa shape index (κ1) is 16.0. The number of thiazole rings is 1. The second-order valence-corrected chi connectivity index (χ2v) is 6.06. The molecule has 3 aromatic rings. The van der Waals surface area contributed by atoms with E-state index in [4.69, 9.17) is 0 Å². The van der Waals surface area contributed by atoms with Gasteiger partial charge in [-0.05, 0) is 42.3 Å². The molecule has 5 heteroatoms. The molecule has 0 fully saturated rings. The summed E-state index contributed by atoms with van der Waals surface area (Å²) in [4.78, 5) is 4.51. The van der Waals surface area contributed by atoms with Gasteiger partial charge in [0, 0.05) is 17.2 Å². The third-order valence-corrected chi connectivity index (χ3v) is 4.15. The van der Waals surface area contributed by atoms with Crippen LogP contribution in [0.4, 0.5) is 5.13 Å². The number of hydrogen-bond acceptors (Lipinski definition) is 5. The lowest BCUT2D eigenvalue weighted by atomic mass is 10.1. The van der Waals surface area contributed by atoms with Gasteiger partial charge < -0.3 is 5.11 Å². The molecule has 0 saturated heterocycles. The van der Waals surface area contributed by atoms with Crippen molar-refractivity contribution in [2.75, 3.05) is 5.43 Å². The summed E-state index contributed by atoms with van der Waals surface area (Å²) >= 11 is 1.49. The van der Waals surface area contributed by atoms with Gasteiger partial charge in [0.05, 0.1) is 5.69 Å². The fraction of sp³-hybridized carbons (Fsp3) is 0.0526. The van der Waals surface area contributed by atoms with Crippen molar-refractivity contribution >= 4 is 28.8 Å². The summed E-state index contributed by atoms with van der Waals surface area (Å²) < 4.78 is 0. The molecule has 0 aliphatic rings. The summed E-state index contributed by atoms with van der Waals surface area (Å²) in [6, 6.07) is 15.3. The van der Waals surface area contributed by atoms with Crippen LogP contribution in [-0.4, -0.2) is 16.3 Å². The number of hydrazone groups is 1. The maximum absolute atomic E-state index is 9.48. The average Bonchev–Trinajstić information content (AvgIpc) is 3.04. The maximum atomic E-state index is 9.48. The molecule has 0 spiro atoms. The van der Waals surface area contributed by atoms with Gasteiger partial charge >= 0.3 is 0 Å². The fourth-order valence-electron chi connectivity index (χ4n) is 2.24. The largest absolute Gasteiger partial charge is 0.508 e. The molecule has 0 amide bonds. The number of aromatic nitrogens is 1. The van der Waals surface area contributed by atoms with Crippen molar-refractivity contribution in [3.05, 3.63) is 71.1 Å². The van der Waals surface area contributed by atoms with Crippen LogP contribution in [0.5, 0.6) is 5.75 Å². The number of allylic oxidation sites excluding steroid dienone is 1. The minimum Gasteiger partial charge on any atom is -0.508 e. The standard InChI is InChI=1S/C19H17N3OS/c1-14-12-16(23)9-10-17(14)18-13-24-19(21-18)22-20-11-5-8-15-6-3-2-4-7-15/h2-13,23H,1H3,(H,21,22)/b8-5+,20-11+. The Morgan fingerprint density at radius 1 is 1.17 bits per heavy atom. The van der Waals surface area contributed by atoms with E-state index >= 15 is 0 Å². The summed E-state index contributed by atoms with van der Waals surface area (Å²) in [6.07, 6.45) is 5.55. The molecule has 1 aromatic heterocycles. The van der Waals surface area contributed by atoms with Crippen LogP contribution in [0.25, 0.3) is 17.3 Å². The van der Waals surface area contributed by atoms with Gasteiger partial charge in [-0.25, -0.2) is 4.98 Å². The number of aromatic hydroxyl groups is 1. The zero-order valence-corrected chi connectivity index (χ0v) is 14.0. The molecule has 0 bridgehead atoms. The fourth-order valence-corrected chi connectivity index (χ4v) is 2.90. The third kappa shape index (κ3) is 4.08. The van der Waals surface area contributed by atoms with E-state index in [1.165, 1.54) is 11.3 Å². The lowest BCUT2D eigenvalue weighted by molar-refractivity contribution is 0.475. The molecule has 0 saturated carbocycles. The topological polar surface area (TPSA) is 57.5 Å². The zero-order valence-electron chi connectivity index (χ0n) is 13.2. The van der Waals surface area contributed by atoms with Crippen molar-refractivity contribution in [2.24, 2.45) is 5.10 Å². The highest BCUT2D eigenvalue weighted by Crippen LogP contribution is 2.29. The molecule has 2 aromatic carbocycles. The van der Waals surface area contributed by atoms with E-state index in [1.807, 2.05) is 60.9 Å². The van der Waals surface area contributed by atoms with E-state index in [0.717, 1.165) is 27.5 Å². The van der Waals surface area contributed by atoms with Crippen LogP contribution in [-0.2, 0) is 0 Å². The van der Waals surface area contributed by atoms with E-state index in [0.29, 0.717) is 0 Å². The van der Waals surface area contributed by atoms with Gasteiger partial charge in [0.2, 0.25) is 5.13 Å². The number of hydrogen-bond donors (Lipinski definition) is 2. The first-order valence-corrected chi connectivity index (χ1v) is 8.36. The Morgan fingerprint density at radius 3 is 2.79 bits per heavy atom. The molecule has 24 heavy (non-hydrogen) atoms. The van der Waals surface area contributed by atoms with Crippen molar-refractivity contribution in [3.63, 3.8) is 0 Å². The molecule has 0 unspecified atom stereocenters. The monoisotopic (exact) mass is 335 g/mol. The van der Waals surface area contributed by atoms with Crippen LogP contribution in [0, 0.1) is 6.92 Å². The average molecular weight is 335 g/mol. The highest BCUT2D eigenvalue weighted by Gasteiger charge is 2.07. The molecule has 4 nitrogen and oxygen atoms in total. The second-order valence-electron chi connectivity index (χ2n) is 5.20. The van der Waals surface area contributed by atoms with E-state index in [-0.39, 0.29) is 5.75 Å². The Hall–Kier alpha value is -2.92. The lowest BCUT2D eigenvalue weighted by Crippen LogP contribution is -1.88. The molecular formula is C19H17N3OS.